The summed E-state index contributed by atoms with van der Waals surface area (Å²) in [6.07, 6.45) is 9.41. The second kappa shape index (κ2) is 11.4. The first-order valence-corrected chi connectivity index (χ1v) is 12.6. The Labute approximate surface area is 219 Å². The first-order valence-electron chi connectivity index (χ1n) is 12.6. The number of H-pyrrole nitrogens is 1. The fraction of sp³-hybridized carbons (Fsp3) is 0.370. The van der Waals surface area contributed by atoms with Crippen LogP contribution in [0.3, 0.4) is 0 Å². The molecule has 0 saturated carbocycles. The minimum atomic E-state index is -0.493. The van der Waals surface area contributed by atoms with Crippen molar-refractivity contribution in [1.29, 1.82) is 0 Å². The van der Waals surface area contributed by atoms with E-state index in [2.05, 4.69) is 41.2 Å². The van der Waals surface area contributed by atoms with Gasteiger partial charge in [-0.3, -0.25) is 9.48 Å². The van der Waals surface area contributed by atoms with E-state index < -0.39 is 5.82 Å². The molecule has 3 aromatic heterocycles. The molecular weight excluding hydrogens is 487 g/mol. The zero-order valence-corrected chi connectivity index (χ0v) is 21.4. The number of fused-ring (bicyclic) bond motifs is 1. The molecule has 0 bridgehead atoms. The van der Waals surface area contributed by atoms with E-state index in [4.69, 9.17) is 4.74 Å². The average molecular weight is 518 g/mol. The molecule has 1 atom stereocenters. The van der Waals surface area contributed by atoms with Crippen molar-refractivity contribution in [1.82, 2.24) is 34.9 Å². The highest BCUT2D eigenvalue weighted by Crippen LogP contribution is 2.27. The lowest BCUT2D eigenvalue weighted by atomic mass is 10.1. The molecule has 1 aliphatic heterocycles. The van der Waals surface area contributed by atoms with Crippen LogP contribution in [0.1, 0.15) is 35.7 Å². The van der Waals surface area contributed by atoms with E-state index in [9.17, 15) is 9.18 Å². The molecule has 0 spiro atoms. The van der Waals surface area contributed by atoms with Gasteiger partial charge in [-0.25, -0.2) is 14.4 Å². The van der Waals surface area contributed by atoms with Crippen LogP contribution in [0.4, 0.5) is 4.39 Å². The van der Waals surface area contributed by atoms with Crippen molar-refractivity contribution in [3.05, 3.63) is 65.4 Å². The number of carbonyl (C=O) groups excluding carboxylic acids is 1. The SMILES string of the molecule is C[N+]#CCC(CN1CCC(Oc2cc(F)cc(C(=O)NC)c2)CC1)n1cc(-c2ncnc3[nH]ccc23)cn1. The van der Waals surface area contributed by atoms with Crippen molar-refractivity contribution in [2.45, 2.75) is 31.4 Å². The van der Waals surface area contributed by atoms with Crippen molar-refractivity contribution in [2.75, 3.05) is 33.7 Å². The zero-order chi connectivity index (χ0) is 26.5. The van der Waals surface area contributed by atoms with E-state index in [1.807, 2.05) is 29.3 Å². The lowest BCUT2D eigenvalue weighted by Gasteiger charge is -2.33. The molecule has 4 heterocycles. The summed E-state index contributed by atoms with van der Waals surface area (Å²) in [6, 6.07) is 9.21. The summed E-state index contributed by atoms with van der Waals surface area (Å²) in [5, 5.41) is 8.12. The van der Waals surface area contributed by atoms with Crippen molar-refractivity contribution < 1.29 is 13.9 Å². The number of amides is 1. The van der Waals surface area contributed by atoms with Gasteiger partial charge in [-0.15, -0.1) is 0 Å². The molecule has 0 aliphatic carbocycles. The molecule has 0 radical (unpaired) electrons. The largest absolute Gasteiger partial charge is 0.490 e. The van der Waals surface area contributed by atoms with Gasteiger partial charge in [0.25, 0.3) is 19.0 Å². The lowest BCUT2D eigenvalue weighted by molar-refractivity contribution is 0.0901. The monoisotopic (exact) mass is 517 g/mol. The Morgan fingerprint density at radius 1 is 1.32 bits per heavy atom. The number of nitrogens with one attached hydrogen (secondary N) is 2. The normalized spacial score (nSPS) is 15.1. The molecular formula is C27H30FN8O2+. The number of rotatable bonds is 8. The maximum atomic E-state index is 14.0. The average Bonchev–Trinajstić information content (AvgIpc) is 3.61. The van der Waals surface area contributed by atoms with E-state index in [1.54, 1.807) is 19.4 Å². The number of likely N-dealkylation sites (tertiary alicyclic amines) is 1. The molecule has 1 aromatic carbocycles. The highest BCUT2D eigenvalue weighted by atomic mass is 19.1. The van der Waals surface area contributed by atoms with E-state index in [1.165, 1.54) is 19.2 Å². The van der Waals surface area contributed by atoms with Gasteiger partial charge in [0.05, 0.1) is 17.9 Å². The van der Waals surface area contributed by atoms with Crippen molar-refractivity contribution in [3.63, 3.8) is 0 Å². The molecule has 2 N–H and O–H groups in total. The minimum absolute atomic E-state index is 0.0480. The fourth-order valence-electron chi connectivity index (χ4n) is 4.81. The summed E-state index contributed by atoms with van der Waals surface area (Å²) in [4.78, 5) is 30.2. The number of halogens is 1. The van der Waals surface area contributed by atoms with Crippen LogP contribution in [0, 0.1) is 11.9 Å². The summed E-state index contributed by atoms with van der Waals surface area (Å²) >= 11 is 0. The fourth-order valence-corrected chi connectivity index (χ4v) is 4.81. The van der Waals surface area contributed by atoms with Gasteiger partial charge in [0, 0.05) is 61.7 Å². The molecule has 11 heteroatoms. The van der Waals surface area contributed by atoms with Crippen LogP contribution >= 0.6 is 0 Å². The van der Waals surface area contributed by atoms with Crippen LogP contribution in [-0.2, 0) is 0 Å². The molecule has 1 saturated heterocycles. The lowest BCUT2D eigenvalue weighted by Crippen LogP contribution is -2.41. The Hall–Kier alpha value is -4.30. The van der Waals surface area contributed by atoms with Gasteiger partial charge in [-0.2, -0.15) is 5.10 Å². The predicted molar refractivity (Wildman–Crippen MR) is 142 cm³/mol. The second-order valence-corrected chi connectivity index (χ2v) is 9.28. The third-order valence-electron chi connectivity index (χ3n) is 6.75. The minimum Gasteiger partial charge on any atom is -0.490 e. The number of piperidine rings is 1. The number of benzene rings is 1. The molecule has 1 aliphatic rings. The predicted octanol–water partition coefficient (Wildman–Crippen LogP) is 3.76. The van der Waals surface area contributed by atoms with Gasteiger partial charge in [0.15, 0.2) is 0 Å². The number of aromatic nitrogens is 5. The van der Waals surface area contributed by atoms with Crippen molar-refractivity contribution >= 4 is 16.9 Å². The molecule has 1 fully saturated rings. The Balaban J connectivity index is 1.23. The second-order valence-electron chi connectivity index (χ2n) is 9.28. The number of carbonyl (C=O) groups is 1. The smallest absolute Gasteiger partial charge is 0.274 e. The summed E-state index contributed by atoms with van der Waals surface area (Å²) in [5.74, 6) is -0.464. The number of ether oxygens (including phenoxy) is 1. The van der Waals surface area contributed by atoms with Crippen LogP contribution < -0.4 is 10.1 Å². The quantitative estimate of drug-likeness (QED) is 0.369. The molecule has 38 heavy (non-hydrogen) atoms. The summed E-state index contributed by atoms with van der Waals surface area (Å²) < 4.78 is 22.0. The molecule has 1 amide bonds. The van der Waals surface area contributed by atoms with Crippen LogP contribution in [0.5, 0.6) is 5.75 Å². The van der Waals surface area contributed by atoms with Gasteiger partial charge < -0.3 is 19.9 Å². The van der Waals surface area contributed by atoms with Gasteiger partial charge in [0.1, 0.15) is 36.1 Å². The number of hydrogen-bond acceptors (Lipinski definition) is 6. The number of hydrogen-bond donors (Lipinski definition) is 2. The molecule has 196 valence electrons. The van der Waals surface area contributed by atoms with Crippen LogP contribution in [0.25, 0.3) is 27.1 Å². The van der Waals surface area contributed by atoms with Gasteiger partial charge in [0.2, 0.25) is 0 Å². The van der Waals surface area contributed by atoms with E-state index in [0.717, 1.165) is 54.8 Å². The highest BCUT2D eigenvalue weighted by Gasteiger charge is 2.25. The van der Waals surface area contributed by atoms with E-state index in [-0.39, 0.29) is 23.6 Å². The Kier molecular flexibility index (Phi) is 7.60. The maximum absolute atomic E-state index is 14.0. The number of aromatic amines is 1. The third kappa shape index (κ3) is 5.65. The standard InChI is InChI=1S/C27H29FN8O2/c1-29-7-3-21(36-15-19(14-34-36)25-24-4-8-31-26(24)33-17-32-25)16-35-9-5-22(6-10-35)38-23-12-18(27(37)30-2)11-20(28)13-23/h4,8,11-15,17,21-22H,3,5-6,9-10,16H2,1-2H3,(H-,30,31,32,33,37)/p+1. The van der Waals surface area contributed by atoms with Crippen LogP contribution in [0.15, 0.2) is 49.2 Å². The first-order chi connectivity index (χ1) is 18.5. The Morgan fingerprint density at radius 2 is 2.16 bits per heavy atom. The van der Waals surface area contributed by atoms with Gasteiger partial charge >= 0.3 is 0 Å². The number of nitrogens with zero attached hydrogens (tertiary/aromatic N) is 6. The van der Waals surface area contributed by atoms with Gasteiger partial charge in [-0.1, -0.05) is 4.85 Å². The third-order valence-corrected chi connectivity index (χ3v) is 6.75. The molecule has 5 rings (SSSR count). The highest BCUT2D eigenvalue weighted by molar-refractivity contribution is 5.94. The van der Waals surface area contributed by atoms with Crippen molar-refractivity contribution in [3.8, 4) is 23.1 Å². The Bertz CT molecular complexity index is 1480. The summed E-state index contributed by atoms with van der Waals surface area (Å²) in [7, 11) is 3.24. The topological polar surface area (TPSA) is 105 Å². The van der Waals surface area contributed by atoms with E-state index in [0.29, 0.717) is 12.2 Å². The van der Waals surface area contributed by atoms with Crippen molar-refractivity contribution in [2.24, 2.45) is 0 Å². The summed E-state index contributed by atoms with van der Waals surface area (Å²) in [6.45, 7) is 2.43. The van der Waals surface area contributed by atoms with Crippen LogP contribution in [0.2, 0.25) is 0 Å². The molecule has 4 aromatic rings. The molecule has 10 nitrogen and oxygen atoms in total. The Morgan fingerprint density at radius 3 is 2.95 bits per heavy atom. The maximum Gasteiger partial charge on any atom is 0.274 e. The van der Waals surface area contributed by atoms with Gasteiger partial charge in [-0.05, 0) is 31.0 Å². The first kappa shape index (κ1) is 25.4. The summed E-state index contributed by atoms with van der Waals surface area (Å²) in [5.41, 5.74) is 2.80. The molecule has 1 unspecified atom stereocenters. The van der Waals surface area contributed by atoms with Crippen LogP contribution in [-0.4, -0.2) is 75.4 Å². The zero-order valence-electron chi connectivity index (χ0n) is 21.4. The van der Waals surface area contributed by atoms with E-state index >= 15 is 0 Å².